The van der Waals surface area contributed by atoms with Crippen LogP contribution in [0.5, 0.6) is 0 Å². The van der Waals surface area contributed by atoms with Crippen LogP contribution in [0.1, 0.15) is 38.5 Å². The molecule has 4 heteroatoms. The lowest BCUT2D eigenvalue weighted by molar-refractivity contribution is -0.166. The van der Waals surface area contributed by atoms with E-state index in [-0.39, 0.29) is 0 Å². The van der Waals surface area contributed by atoms with E-state index in [9.17, 15) is 14.7 Å². The summed E-state index contributed by atoms with van der Waals surface area (Å²) in [5.41, 5.74) is -1.08. The standard InChI is InChI=1S/C11H17O4/c1-2-6-11(10(14)15)7-4-3-5-8(11)9(12)13/h8H,1-7H2,(H,12,13)(H,14,15). The summed E-state index contributed by atoms with van der Waals surface area (Å²) in [6, 6.07) is 0. The summed E-state index contributed by atoms with van der Waals surface area (Å²) < 4.78 is 0. The van der Waals surface area contributed by atoms with Crippen molar-refractivity contribution in [3.05, 3.63) is 6.92 Å². The number of hydrogen-bond acceptors (Lipinski definition) is 2. The van der Waals surface area contributed by atoms with Gasteiger partial charge in [-0.2, -0.15) is 0 Å². The Hall–Kier alpha value is -1.06. The van der Waals surface area contributed by atoms with Crippen molar-refractivity contribution in [2.75, 3.05) is 0 Å². The topological polar surface area (TPSA) is 74.6 Å². The first-order valence-electron chi connectivity index (χ1n) is 5.30. The van der Waals surface area contributed by atoms with E-state index in [2.05, 4.69) is 6.92 Å². The molecule has 2 N–H and O–H groups in total. The van der Waals surface area contributed by atoms with Gasteiger partial charge in [0.25, 0.3) is 0 Å². The maximum Gasteiger partial charge on any atom is 0.310 e. The zero-order chi connectivity index (χ0) is 11.5. The molecule has 85 valence electrons. The van der Waals surface area contributed by atoms with Crippen LogP contribution in [-0.4, -0.2) is 22.2 Å². The molecule has 0 heterocycles. The quantitative estimate of drug-likeness (QED) is 0.748. The second kappa shape index (κ2) is 4.64. The summed E-state index contributed by atoms with van der Waals surface area (Å²) in [4.78, 5) is 22.4. The molecule has 1 fully saturated rings. The first-order valence-corrected chi connectivity index (χ1v) is 5.30. The molecule has 4 nitrogen and oxygen atoms in total. The molecule has 0 aromatic rings. The molecule has 0 aromatic carbocycles. The fourth-order valence-electron chi connectivity index (χ4n) is 2.58. The van der Waals surface area contributed by atoms with E-state index in [0.29, 0.717) is 25.7 Å². The Bertz CT molecular complexity index is 257. The summed E-state index contributed by atoms with van der Waals surface area (Å²) >= 11 is 0. The first-order chi connectivity index (χ1) is 7.04. The fraction of sp³-hybridized carbons (Fsp3) is 0.727. The minimum atomic E-state index is -1.08. The third kappa shape index (κ3) is 2.13. The Kier molecular flexibility index (Phi) is 3.72. The molecular weight excluding hydrogens is 196 g/mol. The molecule has 1 saturated carbocycles. The van der Waals surface area contributed by atoms with Crippen molar-refractivity contribution in [3.63, 3.8) is 0 Å². The summed E-state index contributed by atoms with van der Waals surface area (Å²) in [7, 11) is 0. The molecule has 0 amide bonds. The maximum atomic E-state index is 11.3. The molecule has 1 aliphatic carbocycles. The summed E-state index contributed by atoms with van der Waals surface area (Å²) in [5, 5.41) is 18.3. The maximum absolute atomic E-state index is 11.3. The van der Waals surface area contributed by atoms with Crippen molar-refractivity contribution in [3.8, 4) is 0 Å². The van der Waals surface area contributed by atoms with E-state index in [0.717, 1.165) is 12.8 Å². The second-order valence-electron chi connectivity index (χ2n) is 4.20. The third-order valence-electron chi connectivity index (χ3n) is 3.38. The average molecular weight is 213 g/mol. The van der Waals surface area contributed by atoms with Crippen molar-refractivity contribution in [2.24, 2.45) is 11.3 Å². The Balaban J connectivity index is 2.98. The van der Waals surface area contributed by atoms with Gasteiger partial charge in [0, 0.05) is 0 Å². The second-order valence-corrected chi connectivity index (χ2v) is 4.20. The van der Waals surface area contributed by atoms with Crippen molar-refractivity contribution in [1.82, 2.24) is 0 Å². The number of hydrogen-bond donors (Lipinski definition) is 2. The van der Waals surface area contributed by atoms with Gasteiger partial charge in [0.1, 0.15) is 0 Å². The van der Waals surface area contributed by atoms with Crippen LogP contribution in [0.3, 0.4) is 0 Å². The lowest BCUT2D eigenvalue weighted by Gasteiger charge is -2.38. The zero-order valence-corrected chi connectivity index (χ0v) is 8.74. The van der Waals surface area contributed by atoms with Gasteiger partial charge >= 0.3 is 11.9 Å². The average Bonchev–Trinajstić information content (AvgIpc) is 2.18. The smallest absolute Gasteiger partial charge is 0.310 e. The predicted octanol–water partition coefficient (Wildman–Crippen LogP) is 1.95. The highest BCUT2D eigenvalue weighted by Crippen LogP contribution is 2.45. The van der Waals surface area contributed by atoms with Gasteiger partial charge in [-0.15, -0.1) is 0 Å². The molecule has 0 bridgehead atoms. The summed E-state index contributed by atoms with van der Waals surface area (Å²) in [6.45, 7) is 3.64. The zero-order valence-electron chi connectivity index (χ0n) is 8.74. The van der Waals surface area contributed by atoms with Gasteiger partial charge in [0.15, 0.2) is 0 Å². The molecule has 0 aromatic heterocycles. The normalized spacial score (nSPS) is 31.1. The van der Waals surface area contributed by atoms with Crippen LogP contribution >= 0.6 is 0 Å². The van der Waals surface area contributed by atoms with Gasteiger partial charge in [-0.1, -0.05) is 26.2 Å². The van der Waals surface area contributed by atoms with Crippen molar-refractivity contribution in [1.29, 1.82) is 0 Å². The lowest BCUT2D eigenvalue weighted by Crippen LogP contribution is -2.44. The Morgan fingerprint density at radius 3 is 2.47 bits per heavy atom. The van der Waals surface area contributed by atoms with Crippen LogP contribution in [0.4, 0.5) is 0 Å². The molecule has 0 aliphatic heterocycles. The van der Waals surface area contributed by atoms with Crippen LogP contribution in [0, 0.1) is 18.3 Å². The highest BCUT2D eigenvalue weighted by atomic mass is 16.4. The fourth-order valence-corrected chi connectivity index (χ4v) is 2.58. The monoisotopic (exact) mass is 213 g/mol. The van der Waals surface area contributed by atoms with Crippen LogP contribution in [0.25, 0.3) is 0 Å². The van der Waals surface area contributed by atoms with E-state index >= 15 is 0 Å². The molecule has 1 rings (SSSR count). The van der Waals surface area contributed by atoms with Crippen molar-refractivity contribution in [2.45, 2.75) is 38.5 Å². The number of aliphatic carboxylic acids is 2. The van der Waals surface area contributed by atoms with Gasteiger partial charge < -0.3 is 10.2 Å². The van der Waals surface area contributed by atoms with Gasteiger partial charge in [-0.05, 0) is 19.3 Å². The molecule has 15 heavy (non-hydrogen) atoms. The van der Waals surface area contributed by atoms with Crippen LogP contribution < -0.4 is 0 Å². The molecule has 0 saturated heterocycles. The minimum Gasteiger partial charge on any atom is -0.481 e. The van der Waals surface area contributed by atoms with Gasteiger partial charge in [-0.3, -0.25) is 9.59 Å². The molecular formula is C11H17O4. The molecule has 2 atom stereocenters. The molecule has 1 radical (unpaired) electrons. The van der Waals surface area contributed by atoms with E-state index in [4.69, 9.17) is 5.11 Å². The Labute approximate surface area is 89.3 Å². The Morgan fingerprint density at radius 1 is 1.33 bits per heavy atom. The van der Waals surface area contributed by atoms with Gasteiger partial charge in [-0.25, -0.2) is 0 Å². The highest BCUT2D eigenvalue weighted by molar-refractivity contribution is 5.83. The number of carboxylic acids is 2. The van der Waals surface area contributed by atoms with E-state index < -0.39 is 23.3 Å². The van der Waals surface area contributed by atoms with Crippen LogP contribution in [0.15, 0.2) is 0 Å². The lowest BCUT2D eigenvalue weighted by atomic mass is 9.64. The van der Waals surface area contributed by atoms with Crippen LogP contribution in [0.2, 0.25) is 0 Å². The van der Waals surface area contributed by atoms with Gasteiger partial charge in [0.2, 0.25) is 0 Å². The largest absolute Gasteiger partial charge is 0.481 e. The Morgan fingerprint density at radius 2 is 2.00 bits per heavy atom. The summed E-state index contributed by atoms with van der Waals surface area (Å²) in [6.07, 6.45) is 3.38. The predicted molar refractivity (Wildman–Crippen MR) is 54.3 cm³/mol. The number of rotatable bonds is 4. The van der Waals surface area contributed by atoms with E-state index in [1.54, 1.807) is 0 Å². The summed E-state index contributed by atoms with van der Waals surface area (Å²) in [5.74, 6) is -2.70. The van der Waals surface area contributed by atoms with E-state index in [1.165, 1.54) is 0 Å². The van der Waals surface area contributed by atoms with Crippen molar-refractivity contribution >= 4 is 11.9 Å². The van der Waals surface area contributed by atoms with Gasteiger partial charge in [0.05, 0.1) is 11.3 Å². The van der Waals surface area contributed by atoms with E-state index in [1.807, 2.05) is 0 Å². The molecule has 2 unspecified atom stereocenters. The first kappa shape index (κ1) is 12.0. The highest BCUT2D eigenvalue weighted by Gasteiger charge is 2.49. The SMILES string of the molecule is [CH2]CCC1(C(=O)O)CCCCC1C(=O)O. The van der Waals surface area contributed by atoms with Crippen LogP contribution in [-0.2, 0) is 9.59 Å². The third-order valence-corrected chi connectivity index (χ3v) is 3.38. The van der Waals surface area contributed by atoms with Crippen molar-refractivity contribution < 1.29 is 19.8 Å². The minimum absolute atomic E-state index is 0.360. The molecule has 0 spiro atoms. The number of carboxylic acid groups (broad SMARTS) is 2. The molecule has 1 aliphatic rings. The number of carbonyl (C=O) groups is 2.